The van der Waals surface area contributed by atoms with Gasteiger partial charge in [0.05, 0.1) is 19.0 Å². The lowest BCUT2D eigenvalue weighted by Crippen LogP contribution is -2.01. The number of unbranched alkanes of at least 4 members (excludes halogenated alkanes) is 1. The van der Waals surface area contributed by atoms with E-state index in [-0.39, 0.29) is 5.75 Å². The fourth-order valence-corrected chi connectivity index (χ4v) is 1.91. The number of nitrogens with zero attached hydrogens (tertiary/aromatic N) is 2. The molecule has 0 amide bonds. The van der Waals surface area contributed by atoms with Gasteiger partial charge in [-0.3, -0.25) is 0 Å². The minimum absolute atomic E-state index is 0.0617. The van der Waals surface area contributed by atoms with Crippen LogP contribution in [0.5, 0.6) is 11.5 Å². The van der Waals surface area contributed by atoms with Gasteiger partial charge in [-0.25, -0.2) is 9.97 Å². The lowest BCUT2D eigenvalue weighted by molar-refractivity contribution is 0.127. The van der Waals surface area contributed by atoms with Crippen molar-refractivity contribution in [1.82, 2.24) is 9.97 Å². The van der Waals surface area contributed by atoms with Gasteiger partial charge in [0, 0.05) is 18.8 Å². The molecule has 0 aliphatic heterocycles. The molecule has 0 spiro atoms. The summed E-state index contributed by atoms with van der Waals surface area (Å²) >= 11 is 0. The summed E-state index contributed by atoms with van der Waals surface area (Å²) in [5.41, 5.74) is 0.889. The predicted octanol–water partition coefficient (Wildman–Crippen LogP) is 3.43. The van der Waals surface area contributed by atoms with Crippen molar-refractivity contribution in [3.63, 3.8) is 0 Å². The highest BCUT2D eigenvalue weighted by Gasteiger charge is 2.02. The maximum absolute atomic E-state index is 9.18. The first kappa shape index (κ1) is 16.2. The molecule has 1 heterocycles. The number of ether oxygens (including phenoxy) is 2. The fourth-order valence-electron chi connectivity index (χ4n) is 1.91. The summed E-state index contributed by atoms with van der Waals surface area (Å²) < 4.78 is 11.1. The largest absolute Gasteiger partial charge is 0.505 e. The van der Waals surface area contributed by atoms with E-state index in [4.69, 9.17) is 9.47 Å². The molecule has 0 aliphatic carbocycles. The van der Waals surface area contributed by atoms with Crippen LogP contribution in [0.2, 0.25) is 0 Å². The number of benzene rings is 1. The third kappa shape index (κ3) is 5.33. The SMILES string of the molecule is CCCOCCCCOc1ccc(-c2ncc(O)cn2)cc1. The van der Waals surface area contributed by atoms with Crippen molar-refractivity contribution < 1.29 is 14.6 Å². The highest BCUT2D eigenvalue weighted by Crippen LogP contribution is 2.20. The molecule has 0 bridgehead atoms. The molecular formula is C17H22N2O3. The van der Waals surface area contributed by atoms with E-state index in [9.17, 15) is 5.11 Å². The van der Waals surface area contributed by atoms with E-state index in [1.165, 1.54) is 12.4 Å². The van der Waals surface area contributed by atoms with Crippen LogP contribution in [0.15, 0.2) is 36.7 Å². The average Bonchev–Trinajstić information content (AvgIpc) is 2.55. The number of rotatable bonds is 9. The quantitative estimate of drug-likeness (QED) is 0.719. The van der Waals surface area contributed by atoms with Crippen molar-refractivity contribution >= 4 is 0 Å². The molecule has 2 rings (SSSR count). The number of aromatic nitrogens is 2. The molecule has 1 aromatic carbocycles. The van der Waals surface area contributed by atoms with Crippen LogP contribution in [-0.2, 0) is 4.74 Å². The standard InChI is InChI=1S/C17H22N2O3/c1-2-9-21-10-3-4-11-22-16-7-5-14(6-8-16)17-18-12-15(20)13-19-17/h5-8,12-13,20H,2-4,9-11H2,1H3. The highest BCUT2D eigenvalue weighted by atomic mass is 16.5. The topological polar surface area (TPSA) is 64.5 Å². The monoisotopic (exact) mass is 302 g/mol. The summed E-state index contributed by atoms with van der Waals surface area (Å²) in [6.07, 6.45) is 5.82. The molecule has 0 saturated heterocycles. The Hall–Kier alpha value is -2.14. The van der Waals surface area contributed by atoms with Crippen LogP contribution in [0, 0.1) is 0 Å². The first-order valence-corrected chi connectivity index (χ1v) is 7.61. The van der Waals surface area contributed by atoms with Gasteiger partial charge >= 0.3 is 0 Å². The summed E-state index contributed by atoms with van der Waals surface area (Å²) in [4.78, 5) is 8.15. The van der Waals surface area contributed by atoms with Crippen molar-refractivity contribution in [1.29, 1.82) is 0 Å². The van der Waals surface area contributed by atoms with Crippen molar-refractivity contribution in [3.8, 4) is 22.9 Å². The zero-order valence-electron chi connectivity index (χ0n) is 12.9. The van der Waals surface area contributed by atoms with Gasteiger partial charge in [0.2, 0.25) is 0 Å². The van der Waals surface area contributed by atoms with Gasteiger partial charge in [-0.1, -0.05) is 6.92 Å². The molecule has 0 radical (unpaired) electrons. The lowest BCUT2D eigenvalue weighted by Gasteiger charge is -2.07. The lowest BCUT2D eigenvalue weighted by atomic mass is 10.2. The van der Waals surface area contributed by atoms with E-state index in [0.717, 1.165) is 43.8 Å². The van der Waals surface area contributed by atoms with Crippen LogP contribution < -0.4 is 4.74 Å². The van der Waals surface area contributed by atoms with Crippen molar-refractivity contribution in [3.05, 3.63) is 36.7 Å². The summed E-state index contributed by atoms with van der Waals surface area (Å²) in [6, 6.07) is 7.62. The Labute approximate surface area is 131 Å². The van der Waals surface area contributed by atoms with Gasteiger partial charge in [-0.15, -0.1) is 0 Å². The van der Waals surface area contributed by atoms with E-state index in [2.05, 4.69) is 16.9 Å². The molecule has 5 nitrogen and oxygen atoms in total. The first-order valence-electron chi connectivity index (χ1n) is 7.61. The van der Waals surface area contributed by atoms with Crippen LogP contribution in [-0.4, -0.2) is 34.9 Å². The molecule has 118 valence electrons. The van der Waals surface area contributed by atoms with Crippen LogP contribution in [0.1, 0.15) is 26.2 Å². The van der Waals surface area contributed by atoms with Gasteiger partial charge in [-0.2, -0.15) is 0 Å². The molecule has 5 heteroatoms. The van der Waals surface area contributed by atoms with E-state index in [1.807, 2.05) is 24.3 Å². The molecule has 1 aromatic heterocycles. The third-order valence-electron chi connectivity index (χ3n) is 3.05. The van der Waals surface area contributed by atoms with Crippen molar-refractivity contribution in [2.75, 3.05) is 19.8 Å². The van der Waals surface area contributed by atoms with E-state index in [0.29, 0.717) is 12.4 Å². The Bertz CT molecular complexity index is 541. The molecule has 1 N–H and O–H groups in total. The van der Waals surface area contributed by atoms with Crippen molar-refractivity contribution in [2.45, 2.75) is 26.2 Å². The van der Waals surface area contributed by atoms with Crippen LogP contribution in [0.25, 0.3) is 11.4 Å². The summed E-state index contributed by atoms with van der Waals surface area (Å²) in [5, 5.41) is 9.18. The Morgan fingerprint density at radius 2 is 1.64 bits per heavy atom. The molecule has 0 unspecified atom stereocenters. The normalized spacial score (nSPS) is 10.6. The number of hydrogen-bond acceptors (Lipinski definition) is 5. The molecule has 0 atom stereocenters. The van der Waals surface area contributed by atoms with E-state index < -0.39 is 0 Å². The summed E-state index contributed by atoms with van der Waals surface area (Å²) in [5.74, 6) is 1.47. The number of aromatic hydroxyl groups is 1. The van der Waals surface area contributed by atoms with Crippen LogP contribution in [0.4, 0.5) is 0 Å². The maximum atomic E-state index is 9.18. The Kier molecular flexibility index (Phi) is 6.64. The molecule has 2 aromatic rings. The van der Waals surface area contributed by atoms with Crippen molar-refractivity contribution in [2.24, 2.45) is 0 Å². The van der Waals surface area contributed by atoms with Gasteiger partial charge in [-0.05, 0) is 43.5 Å². The molecular weight excluding hydrogens is 280 g/mol. The molecule has 0 fully saturated rings. The first-order chi connectivity index (χ1) is 10.8. The minimum Gasteiger partial charge on any atom is -0.505 e. The molecule has 0 aliphatic rings. The zero-order valence-corrected chi connectivity index (χ0v) is 12.9. The molecule has 0 saturated carbocycles. The third-order valence-corrected chi connectivity index (χ3v) is 3.05. The second-order valence-corrected chi connectivity index (χ2v) is 4.96. The Morgan fingerprint density at radius 3 is 2.32 bits per heavy atom. The van der Waals surface area contributed by atoms with Gasteiger partial charge in [0.1, 0.15) is 5.75 Å². The zero-order chi connectivity index (χ0) is 15.6. The van der Waals surface area contributed by atoms with E-state index in [1.54, 1.807) is 0 Å². The smallest absolute Gasteiger partial charge is 0.159 e. The van der Waals surface area contributed by atoms with Crippen LogP contribution >= 0.6 is 0 Å². The Balaban J connectivity index is 1.74. The fraction of sp³-hybridized carbons (Fsp3) is 0.412. The van der Waals surface area contributed by atoms with Gasteiger partial charge < -0.3 is 14.6 Å². The number of hydrogen-bond donors (Lipinski definition) is 1. The Morgan fingerprint density at radius 1 is 0.955 bits per heavy atom. The van der Waals surface area contributed by atoms with Crippen LogP contribution in [0.3, 0.4) is 0 Å². The maximum Gasteiger partial charge on any atom is 0.159 e. The summed E-state index contributed by atoms with van der Waals surface area (Å²) in [6.45, 7) is 4.43. The van der Waals surface area contributed by atoms with Gasteiger partial charge in [0.15, 0.2) is 11.6 Å². The predicted molar refractivity (Wildman–Crippen MR) is 85.0 cm³/mol. The van der Waals surface area contributed by atoms with Gasteiger partial charge in [0.25, 0.3) is 0 Å². The molecule has 22 heavy (non-hydrogen) atoms. The summed E-state index contributed by atoms with van der Waals surface area (Å²) in [7, 11) is 0. The second kappa shape index (κ2) is 9.00. The average molecular weight is 302 g/mol. The second-order valence-electron chi connectivity index (χ2n) is 4.96. The minimum atomic E-state index is 0.0617. The van der Waals surface area contributed by atoms with E-state index >= 15 is 0 Å². The highest BCUT2D eigenvalue weighted by molar-refractivity contribution is 5.56.